The molecular formula is C21H23IO2. The van der Waals surface area contributed by atoms with Crippen molar-refractivity contribution in [2.75, 3.05) is 0 Å². The molecule has 3 aromatic carbocycles. The molecule has 0 aliphatic carbocycles. The number of aromatic hydroxyl groups is 2. The molecule has 0 spiro atoms. The predicted octanol–water partition coefficient (Wildman–Crippen LogP) is 6.17. The molecule has 0 aromatic heterocycles. The summed E-state index contributed by atoms with van der Waals surface area (Å²) in [6.07, 6.45) is 0. The van der Waals surface area contributed by atoms with Gasteiger partial charge in [-0.25, -0.2) is 0 Å². The molecule has 0 bridgehead atoms. The van der Waals surface area contributed by atoms with Gasteiger partial charge in [-0.15, -0.1) is 0 Å². The number of fused-ring (bicyclic) bond motifs is 2. The normalized spacial score (nSPS) is 11.7. The maximum absolute atomic E-state index is 10.5. The van der Waals surface area contributed by atoms with Gasteiger partial charge in [0.25, 0.3) is 0 Å². The number of phenolic OH excluding ortho intramolecular Hbond substituents is 2. The number of aryl methyl sites for hydroxylation is 6. The lowest BCUT2D eigenvalue weighted by Crippen LogP contribution is -2.00. The van der Waals surface area contributed by atoms with Crippen LogP contribution in [0.5, 0.6) is 11.5 Å². The maximum atomic E-state index is 10.5. The summed E-state index contributed by atoms with van der Waals surface area (Å²) in [5, 5.41) is 25.8. The van der Waals surface area contributed by atoms with E-state index in [2.05, 4.69) is 50.3 Å². The van der Waals surface area contributed by atoms with Gasteiger partial charge in [-0.05, 0) is 126 Å². The van der Waals surface area contributed by atoms with E-state index in [4.69, 9.17) is 0 Å². The zero-order valence-electron chi connectivity index (χ0n) is 15.3. The van der Waals surface area contributed by atoms with E-state index in [-0.39, 0.29) is 0 Å². The fourth-order valence-electron chi connectivity index (χ4n) is 4.21. The zero-order valence-corrected chi connectivity index (χ0v) is 17.4. The lowest BCUT2D eigenvalue weighted by atomic mass is 9.83. The van der Waals surface area contributed by atoms with Crippen molar-refractivity contribution in [3.63, 3.8) is 0 Å². The minimum absolute atomic E-state index is 0.369. The Bertz CT molecular complexity index is 881. The van der Waals surface area contributed by atoms with Crippen molar-refractivity contribution < 1.29 is 10.2 Å². The Morgan fingerprint density at radius 1 is 0.458 bits per heavy atom. The van der Waals surface area contributed by atoms with Gasteiger partial charge < -0.3 is 10.2 Å². The van der Waals surface area contributed by atoms with Gasteiger partial charge in [-0.1, -0.05) is 0 Å². The van der Waals surface area contributed by atoms with Crippen LogP contribution in [0.2, 0.25) is 0 Å². The van der Waals surface area contributed by atoms with Gasteiger partial charge >= 0.3 is 0 Å². The highest BCUT2D eigenvalue weighted by molar-refractivity contribution is 14.1. The largest absolute Gasteiger partial charge is 0.507 e. The molecule has 2 N–H and O–H groups in total. The number of rotatable bonds is 0. The van der Waals surface area contributed by atoms with E-state index in [1.165, 1.54) is 16.3 Å². The Hall–Kier alpha value is -1.49. The fourth-order valence-corrected chi connectivity index (χ4v) is 4.88. The molecule has 0 amide bonds. The second-order valence-electron chi connectivity index (χ2n) is 6.89. The summed E-state index contributed by atoms with van der Waals surface area (Å²) in [6.45, 7) is 14.4. The summed E-state index contributed by atoms with van der Waals surface area (Å²) in [6, 6.07) is 0. The first kappa shape index (κ1) is 17.3. The highest BCUT2D eigenvalue weighted by Gasteiger charge is 2.22. The number of phenols is 2. The molecule has 0 aliphatic rings. The topological polar surface area (TPSA) is 40.5 Å². The monoisotopic (exact) mass is 434 g/mol. The Labute approximate surface area is 156 Å². The zero-order chi connectivity index (χ0) is 18.1. The Kier molecular flexibility index (Phi) is 3.98. The molecular weight excluding hydrogens is 411 g/mol. The molecule has 3 aromatic rings. The van der Waals surface area contributed by atoms with E-state index in [0.717, 1.165) is 47.7 Å². The van der Waals surface area contributed by atoms with Crippen LogP contribution in [0.1, 0.15) is 38.9 Å². The van der Waals surface area contributed by atoms with Gasteiger partial charge in [0.1, 0.15) is 11.5 Å². The van der Waals surface area contributed by atoms with Gasteiger partial charge in [-0.3, -0.25) is 0 Å². The second-order valence-corrected chi connectivity index (χ2v) is 7.96. The third kappa shape index (κ3) is 2.00. The molecule has 126 valence electrons. The first-order valence-corrected chi connectivity index (χ1v) is 9.21. The smallest absolute Gasteiger partial charge is 0.132 e. The van der Waals surface area contributed by atoms with Crippen LogP contribution in [-0.2, 0) is 0 Å². The Morgan fingerprint density at radius 3 is 1.33 bits per heavy atom. The summed E-state index contributed by atoms with van der Waals surface area (Å²) in [5.41, 5.74) is 7.41. The number of hydrogen-bond acceptors (Lipinski definition) is 2. The summed E-state index contributed by atoms with van der Waals surface area (Å²) < 4.78 is 0.921. The minimum Gasteiger partial charge on any atom is -0.507 e. The number of halogens is 1. The molecule has 24 heavy (non-hydrogen) atoms. The highest BCUT2D eigenvalue weighted by Crippen LogP contribution is 2.45. The van der Waals surface area contributed by atoms with Crippen LogP contribution in [0, 0.1) is 52.0 Å². The summed E-state index contributed by atoms with van der Waals surface area (Å²) >= 11 is 2.23. The van der Waals surface area contributed by atoms with Crippen molar-refractivity contribution in [3.8, 4) is 11.5 Å². The molecule has 0 fully saturated rings. The van der Waals surface area contributed by atoms with E-state index >= 15 is 0 Å². The third-order valence-corrected chi connectivity index (χ3v) is 6.99. The highest BCUT2D eigenvalue weighted by atomic mass is 127. The predicted molar refractivity (Wildman–Crippen MR) is 111 cm³/mol. The maximum Gasteiger partial charge on any atom is 0.132 e. The lowest BCUT2D eigenvalue weighted by Gasteiger charge is -2.22. The van der Waals surface area contributed by atoms with Gasteiger partial charge in [-0.2, -0.15) is 0 Å². The number of benzene rings is 3. The molecule has 0 aliphatic heterocycles. The van der Waals surface area contributed by atoms with E-state index in [0.29, 0.717) is 11.5 Å². The standard InChI is InChI=1S/C21H23IO2/c1-8-9(2)20(23)13(6)17-11(4)18-14(7)21(24)19(22)12(5)16(18)10(3)15(8)17/h23-24H,1-7H3. The van der Waals surface area contributed by atoms with Gasteiger partial charge in [0.15, 0.2) is 0 Å². The van der Waals surface area contributed by atoms with Crippen molar-refractivity contribution in [2.24, 2.45) is 0 Å². The summed E-state index contributed by atoms with van der Waals surface area (Å²) in [5.74, 6) is 0.749. The Morgan fingerprint density at radius 2 is 0.833 bits per heavy atom. The molecule has 2 nitrogen and oxygen atoms in total. The second kappa shape index (κ2) is 5.51. The molecule has 0 saturated carbocycles. The lowest BCUT2D eigenvalue weighted by molar-refractivity contribution is 0.467. The van der Waals surface area contributed by atoms with Crippen molar-refractivity contribution in [1.29, 1.82) is 0 Å². The van der Waals surface area contributed by atoms with Crippen LogP contribution < -0.4 is 0 Å². The van der Waals surface area contributed by atoms with Crippen molar-refractivity contribution in [3.05, 3.63) is 42.5 Å². The quantitative estimate of drug-likeness (QED) is 0.328. The van der Waals surface area contributed by atoms with E-state index in [1.807, 2.05) is 20.8 Å². The van der Waals surface area contributed by atoms with Crippen LogP contribution in [0.4, 0.5) is 0 Å². The first-order chi connectivity index (χ1) is 11.1. The third-order valence-electron chi connectivity index (χ3n) is 5.67. The van der Waals surface area contributed by atoms with E-state index in [9.17, 15) is 10.2 Å². The van der Waals surface area contributed by atoms with Gasteiger partial charge in [0, 0.05) is 5.56 Å². The van der Waals surface area contributed by atoms with Gasteiger partial charge in [0.05, 0.1) is 3.57 Å². The first-order valence-electron chi connectivity index (χ1n) is 8.14. The Balaban J connectivity index is 2.82. The average Bonchev–Trinajstić information content (AvgIpc) is 2.55. The van der Waals surface area contributed by atoms with Crippen LogP contribution in [-0.4, -0.2) is 10.2 Å². The van der Waals surface area contributed by atoms with Crippen molar-refractivity contribution in [2.45, 2.75) is 48.5 Å². The van der Waals surface area contributed by atoms with E-state index < -0.39 is 0 Å². The molecule has 0 saturated heterocycles. The van der Waals surface area contributed by atoms with Gasteiger partial charge in [0.2, 0.25) is 0 Å². The molecule has 3 rings (SSSR count). The SMILES string of the molecule is Cc1c(O)c(C)c2c(C)c3c(C)c(O)c(I)c(C)c3c(C)c2c1C. The molecule has 0 heterocycles. The van der Waals surface area contributed by atoms with Crippen LogP contribution in [0.15, 0.2) is 0 Å². The molecule has 3 heteroatoms. The molecule has 0 atom stereocenters. The molecule has 0 radical (unpaired) electrons. The molecule has 0 unspecified atom stereocenters. The van der Waals surface area contributed by atoms with Crippen molar-refractivity contribution >= 4 is 44.1 Å². The summed E-state index contributed by atoms with van der Waals surface area (Å²) in [7, 11) is 0. The summed E-state index contributed by atoms with van der Waals surface area (Å²) in [4.78, 5) is 0. The average molecular weight is 434 g/mol. The van der Waals surface area contributed by atoms with Crippen LogP contribution >= 0.6 is 22.6 Å². The number of hydrogen-bond donors (Lipinski definition) is 2. The minimum atomic E-state index is 0.369. The van der Waals surface area contributed by atoms with E-state index in [1.54, 1.807) is 0 Å². The fraction of sp³-hybridized carbons (Fsp3) is 0.333. The van der Waals surface area contributed by atoms with Crippen molar-refractivity contribution in [1.82, 2.24) is 0 Å². The van der Waals surface area contributed by atoms with Crippen LogP contribution in [0.25, 0.3) is 21.5 Å². The van der Waals surface area contributed by atoms with Crippen LogP contribution in [0.3, 0.4) is 0 Å².